The summed E-state index contributed by atoms with van der Waals surface area (Å²) in [5, 5.41) is 9.04. The summed E-state index contributed by atoms with van der Waals surface area (Å²) in [4.78, 5) is 23.6. The first-order valence-corrected chi connectivity index (χ1v) is 8.94. The number of carbonyl (C=O) groups is 2. The minimum atomic E-state index is -0.440. The number of fused-ring (bicyclic) bond motifs is 1. The van der Waals surface area contributed by atoms with E-state index >= 15 is 0 Å². The fraction of sp³-hybridized carbons (Fsp3) is 0.0952. The van der Waals surface area contributed by atoms with Crippen molar-refractivity contribution in [2.24, 2.45) is 5.10 Å². The van der Waals surface area contributed by atoms with E-state index in [1.165, 1.54) is 6.21 Å². The maximum Gasteiger partial charge on any atom is 0.259 e. The van der Waals surface area contributed by atoms with E-state index in [2.05, 4.69) is 15.8 Å². The second-order valence-electron chi connectivity index (χ2n) is 5.92. The Balaban J connectivity index is 1.39. The van der Waals surface area contributed by atoms with E-state index in [0.29, 0.717) is 10.8 Å². The highest BCUT2D eigenvalue weighted by Crippen LogP contribution is 2.20. The van der Waals surface area contributed by atoms with Crippen LogP contribution in [0, 0.1) is 0 Å². The Morgan fingerprint density at radius 2 is 1.71 bits per heavy atom. The zero-order chi connectivity index (χ0) is 19.8. The lowest BCUT2D eigenvalue weighted by Gasteiger charge is -2.08. The van der Waals surface area contributed by atoms with Gasteiger partial charge in [-0.2, -0.15) is 5.10 Å². The average molecular weight is 396 g/mol. The fourth-order valence-corrected chi connectivity index (χ4v) is 2.53. The van der Waals surface area contributed by atoms with Crippen LogP contribution in [0.15, 0.2) is 71.8 Å². The van der Waals surface area contributed by atoms with Crippen molar-refractivity contribution in [2.45, 2.75) is 0 Å². The number of nitrogens with one attached hydrogen (secondary N) is 2. The number of benzene rings is 3. The van der Waals surface area contributed by atoms with Gasteiger partial charge in [-0.15, -0.1) is 0 Å². The zero-order valence-electron chi connectivity index (χ0n) is 14.9. The van der Waals surface area contributed by atoms with Crippen molar-refractivity contribution < 1.29 is 14.3 Å². The number of hydrogen-bond donors (Lipinski definition) is 2. The van der Waals surface area contributed by atoms with Gasteiger partial charge >= 0.3 is 0 Å². The molecule has 142 valence electrons. The smallest absolute Gasteiger partial charge is 0.259 e. The van der Waals surface area contributed by atoms with Gasteiger partial charge in [0.25, 0.3) is 11.8 Å². The van der Waals surface area contributed by atoms with Crippen molar-refractivity contribution in [2.75, 3.05) is 13.2 Å². The Labute approximate surface area is 167 Å². The molecule has 0 fully saturated rings. The number of nitrogens with zero attached hydrogens (tertiary/aromatic N) is 1. The first kappa shape index (κ1) is 19.4. The van der Waals surface area contributed by atoms with Crippen molar-refractivity contribution in [1.82, 2.24) is 10.7 Å². The molecule has 0 saturated carbocycles. The Hall–Kier alpha value is -3.38. The molecule has 0 radical (unpaired) electrons. The van der Waals surface area contributed by atoms with E-state index < -0.39 is 11.8 Å². The second-order valence-corrected chi connectivity index (χ2v) is 6.36. The Kier molecular flexibility index (Phi) is 6.59. The van der Waals surface area contributed by atoms with Crippen molar-refractivity contribution in [1.29, 1.82) is 0 Å². The van der Waals surface area contributed by atoms with Gasteiger partial charge < -0.3 is 10.1 Å². The van der Waals surface area contributed by atoms with E-state index in [1.54, 1.807) is 30.3 Å². The summed E-state index contributed by atoms with van der Waals surface area (Å²) in [7, 11) is 0. The molecule has 2 N–H and O–H groups in total. The van der Waals surface area contributed by atoms with Crippen LogP contribution in [0.1, 0.15) is 5.56 Å². The van der Waals surface area contributed by atoms with Gasteiger partial charge in [0.2, 0.25) is 0 Å². The molecule has 0 heterocycles. The second kappa shape index (κ2) is 9.53. The van der Waals surface area contributed by atoms with Crippen LogP contribution in [0.25, 0.3) is 10.8 Å². The molecule has 0 bridgehead atoms. The number of amides is 2. The Bertz CT molecular complexity index is 1000. The molecule has 3 aromatic carbocycles. The number of halogens is 1. The summed E-state index contributed by atoms with van der Waals surface area (Å²) in [5.74, 6) is -0.250. The van der Waals surface area contributed by atoms with Crippen molar-refractivity contribution in [3.8, 4) is 5.75 Å². The predicted octanol–water partition coefficient (Wildman–Crippen LogP) is 3.14. The van der Waals surface area contributed by atoms with Crippen LogP contribution in [0.4, 0.5) is 0 Å². The Morgan fingerprint density at radius 3 is 2.50 bits per heavy atom. The summed E-state index contributed by atoms with van der Waals surface area (Å²) in [5.41, 5.74) is 3.13. The molecule has 0 spiro atoms. The molecule has 28 heavy (non-hydrogen) atoms. The first-order chi connectivity index (χ1) is 13.6. The molecule has 0 saturated heterocycles. The molecule has 7 heteroatoms. The molecule has 0 aliphatic rings. The van der Waals surface area contributed by atoms with Gasteiger partial charge in [0.05, 0.1) is 12.8 Å². The monoisotopic (exact) mass is 395 g/mol. The minimum absolute atomic E-state index is 0.181. The number of carbonyl (C=O) groups excluding carboxylic acids is 2. The molecule has 3 rings (SSSR count). The van der Waals surface area contributed by atoms with Crippen LogP contribution in [-0.2, 0) is 9.59 Å². The average Bonchev–Trinajstić information content (AvgIpc) is 2.72. The van der Waals surface area contributed by atoms with Crippen molar-refractivity contribution in [3.63, 3.8) is 0 Å². The SMILES string of the molecule is O=C(COc1ccc2ccccc2c1)NCC(=O)N/N=C/c1ccc(Cl)cc1. The van der Waals surface area contributed by atoms with E-state index in [4.69, 9.17) is 16.3 Å². The zero-order valence-corrected chi connectivity index (χ0v) is 15.6. The van der Waals surface area contributed by atoms with Crippen LogP contribution < -0.4 is 15.5 Å². The molecular weight excluding hydrogens is 378 g/mol. The standard InChI is InChI=1S/C21H18ClN3O3/c22-18-8-5-15(6-9-18)12-24-25-20(26)13-23-21(27)14-28-19-10-7-16-3-1-2-4-17(16)11-19/h1-12H,13-14H2,(H,23,27)(H,25,26)/b24-12+. The highest BCUT2D eigenvalue weighted by molar-refractivity contribution is 6.30. The summed E-state index contributed by atoms with van der Waals surface area (Å²) < 4.78 is 5.47. The molecule has 2 amide bonds. The van der Waals surface area contributed by atoms with Crippen LogP contribution in [0.2, 0.25) is 5.02 Å². The van der Waals surface area contributed by atoms with Gasteiger partial charge in [0, 0.05) is 5.02 Å². The van der Waals surface area contributed by atoms with E-state index in [1.807, 2.05) is 36.4 Å². The summed E-state index contributed by atoms with van der Waals surface area (Å²) in [6, 6.07) is 20.4. The number of ether oxygens (including phenoxy) is 1. The lowest BCUT2D eigenvalue weighted by Crippen LogP contribution is -2.37. The maximum atomic E-state index is 11.8. The molecular formula is C21H18ClN3O3. The van der Waals surface area contributed by atoms with Gasteiger partial charge in [-0.3, -0.25) is 9.59 Å². The third-order valence-electron chi connectivity index (χ3n) is 3.81. The van der Waals surface area contributed by atoms with Crippen molar-refractivity contribution in [3.05, 3.63) is 77.3 Å². The van der Waals surface area contributed by atoms with E-state index in [9.17, 15) is 9.59 Å². The number of hydrogen-bond acceptors (Lipinski definition) is 4. The van der Waals surface area contributed by atoms with E-state index in [0.717, 1.165) is 16.3 Å². The van der Waals surface area contributed by atoms with E-state index in [-0.39, 0.29) is 13.2 Å². The number of hydrazone groups is 1. The maximum absolute atomic E-state index is 11.8. The first-order valence-electron chi connectivity index (χ1n) is 8.56. The number of rotatable bonds is 7. The summed E-state index contributed by atoms with van der Waals surface area (Å²) >= 11 is 5.79. The minimum Gasteiger partial charge on any atom is -0.484 e. The molecule has 0 atom stereocenters. The molecule has 0 aliphatic carbocycles. The van der Waals surface area contributed by atoms with Gasteiger partial charge in [-0.05, 0) is 40.6 Å². The highest BCUT2D eigenvalue weighted by Gasteiger charge is 2.06. The normalized spacial score (nSPS) is 10.8. The largest absolute Gasteiger partial charge is 0.484 e. The third-order valence-corrected chi connectivity index (χ3v) is 4.06. The topological polar surface area (TPSA) is 79.8 Å². The summed E-state index contributed by atoms with van der Waals surface area (Å²) in [6.45, 7) is -0.377. The highest BCUT2D eigenvalue weighted by atomic mass is 35.5. The molecule has 0 aromatic heterocycles. The molecule has 3 aromatic rings. The van der Waals surface area contributed by atoms with Gasteiger partial charge in [-0.1, -0.05) is 54.1 Å². The molecule has 6 nitrogen and oxygen atoms in total. The van der Waals surface area contributed by atoms with Crippen molar-refractivity contribution >= 4 is 40.4 Å². The predicted molar refractivity (Wildman–Crippen MR) is 110 cm³/mol. The fourth-order valence-electron chi connectivity index (χ4n) is 2.40. The van der Waals surface area contributed by atoms with Gasteiger partial charge in [0.15, 0.2) is 6.61 Å². The summed E-state index contributed by atoms with van der Waals surface area (Å²) in [6.07, 6.45) is 1.49. The lowest BCUT2D eigenvalue weighted by atomic mass is 10.1. The molecule has 0 aliphatic heterocycles. The van der Waals surface area contributed by atoms with Crippen LogP contribution >= 0.6 is 11.6 Å². The van der Waals surface area contributed by atoms with Gasteiger partial charge in [0.1, 0.15) is 5.75 Å². The lowest BCUT2D eigenvalue weighted by molar-refractivity contribution is -0.127. The van der Waals surface area contributed by atoms with Crippen LogP contribution in [0.3, 0.4) is 0 Å². The third kappa shape index (κ3) is 5.82. The van der Waals surface area contributed by atoms with Crippen LogP contribution in [0.5, 0.6) is 5.75 Å². The van der Waals surface area contributed by atoms with Crippen LogP contribution in [-0.4, -0.2) is 31.2 Å². The molecule has 0 unspecified atom stereocenters. The van der Waals surface area contributed by atoms with Gasteiger partial charge in [-0.25, -0.2) is 5.43 Å². The quantitative estimate of drug-likeness (QED) is 0.476. The Morgan fingerprint density at radius 1 is 0.964 bits per heavy atom.